The van der Waals surface area contributed by atoms with Gasteiger partial charge in [-0.15, -0.1) is 0 Å². The van der Waals surface area contributed by atoms with E-state index in [0.717, 1.165) is 50.7 Å². The van der Waals surface area contributed by atoms with E-state index in [1.165, 1.54) is 5.56 Å². The monoisotopic (exact) mass is 283 g/mol. The van der Waals surface area contributed by atoms with E-state index >= 15 is 0 Å². The molecule has 0 aromatic carbocycles. The Balaban J connectivity index is 1.49. The van der Waals surface area contributed by atoms with Crippen LogP contribution < -0.4 is 4.90 Å². The van der Waals surface area contributed by atoms with Crippen molar-refractivity contribution in [1.82, 2.24) is 19.9 Å². The first-order valence-electron chi connectivity index (χ1n) is 7.46. The fourth-order valence-corrected chi connectivity index (χ4v) is 2.65. The molecule has 1 aliphatic rings. The van der Waals surface area contributed by atoms with Gasteiger partial charge in [-0.3, -0.25) is 9.88 Å². The summed E-state index contributed by atoms with van der Waals surface area (Å²) in [4.78, 5) is 17.5. The van der Waals surface area contributed by atoms with E-state index in [0.29, 0.717) is 0 Å². The Kier molecular flexibility index (Phi) is 4.40. The maximum atomic E-state index is 4.37. The molecule has 0 unspecified atom stereocenters. The predicted molar refractivity (Wildman–Crippen MR) is 83.4 cm³/mol. The second kappa shape index (κ2) is 6.63. The molecular weight excluding hydrogens is 262 g/mol. The smallest absolute Gasteiger partial charge is 0.132 e. The number of piperazine rings is 1. The zero-order valence-corrected chi connectivity index (χ0v) is 12.4. The molecule has 0 aliphatic carbocycles. The summed E-state index contributed by atoms with van der Waals surface area (Å²) in [5.74, 6) is 1.05. The summed E-state index contributed by atoms with van der Waals surface area (Å²) in [5, 5.41) is 0. The molecular formula is C16H21N5. The fraction of sp³-hybridized carbons (Fsp3) is 0.438. The predicted octanol–water partition coefficient (Wildman–Crippen LogP) is 1.54. The van der Waals surface area contributed by atoms with Crippen molar-refractivity contribution in [2.75, 3.05) is 37.6 Å². The molecule has 3 rings (SSSR count). The maximum Gasteiger partial charge on any atom is 0.132 e. The fourth-order valence-electron chi connectivity index (χ4n) is 2.65. The number of aromatic nitrogens is 3. The summed E-state index contributed by atoms with van der Waals surface area (Å²) in [7, 11) is 0. The molecule has 1 fully saturated rings. The van der Waals surface area contributed by atoms with E-state index in [2.05, 4.69) is 36.9 Å². The molecule has 110 valence electrons. The molecule has 1 aliphatic heterocycles. The molecule has 0 N–H and O–H groups in total. The minimum Gasteiger partial charge on any atom is -0.354 e. The van der Waals surface area contributed by atoms with Gasteiger partial charge in [0.05, 0.1) is 0 Å². The van der Waals surface area contributed by atoms with Crippen LogP contribution in [0.5, 0.6) is 0 Å². The highest BCUT2D eigenvalue weighted by Gasteiger charge is 2.17. The van der Waals surface area contributed by atoms with E-state index in [9.17, 15) is 0 Å². The summed E-state index contributed by atoms with van der Waals surface area (Å²) >= 11 is 0. The number of rotatable bonds is 4. The lowest BCUT2D eigenvalue weighted by Gasteiger charge is -2.35. The molecule has 21 heavy (non-hydrogen) atoms. The van der Waals surface area contributed by atoms with Gasteiger partial charge in [0.15, 0.2) is 0 Å². The zero-order chi connectivity index (χ0) is 14.5. The Morgan fingerprint density at radius 2 is 2.00 bits per heavy atom. The third-order valence-electron chi connectivity index (χ3n) is 3.93. The van der Waals surface area contributed by atoms with Crippen LogP contribution in [0.4, 0.5) is 5.82 Å². The average Bonchev–Trinajstić information content (AvgIpc) is 2.54. The van der Waals surface area contributed by atoms with Crippen LogP contribution >= 0.6 is 0 Å². The Morgan fingerprint density at radius 3 is 2.71 bits per heavy atom. The van der Waals surface area contributed by atoms with Crippen molar-refractivity contribution < 1.29 is 0 Å². The van der Waals surface area contributed by atoms with Crippen LogP contribution in [-0.4, -0.2) is 52.6 Å². The number of hydrogen-bond acceptors (Lipinski definition) is 5. The largest absolute Gasteiger partial charge is 0.354 e. The van der Waals surface area contributed by atoms with Gasteiger partial charge in [-0.25, -0.2) is 9.97 Å². The zero-order valence-electron chi connectivity index (χ0n) is 12.4. The molecule has 0 saturated carbocycles. The molecule has 2 aromatic rings. The highest BCUT2D eigenvalue weighted by atomic mass is 15.3. The van der Waals surface area contributed by atoms with Crippen molar-refractivity contribution in [3.63, 3.8) is 0 Å². The van der Waals surface area contributed by atoms with Gasteiger partial charge in [0.2, 0.25) is 0 Å². The van der Waals surface area contributed by atoms with Crippen molar-refractivity contribution in [1.29, 1.82) is 0 Å². The lowest BCUT2D eigenvalue weighted by atomic mass is 10.2. The topological polar surface area (TPSA) is 45.2 Å². The molecule has 5 nitrogen and oxygen atoms in total. The number of hydrogen-bond donors (Lipinski definition) is 0. The van der Waals surface area contributed by atoms with Crippen molar-refractivity contribution in [2.24, 2.45) is 0 Å². The highest BCUT2D eigenvalue weighted by Crippen LogP contribution is 2.13. The Morgan fingerprint density at radius 1 is 1.14 bits per heavy atom. The third-order valence-corrected chi connectivity index (χ3v) is 3.93. The molecule has 1 saturated heterocycles. The van der Waals surface area contributed by atoms with Gasteiger partial charge in [-0.1, -0.05) is 6.07 Å². The minimum atomic E-state index is 1.03. The first-order valence-corrected chi connectivity index (χ1v) is 7.46. The second-order valence-electron chi connectivity index (χ2n) is 5.46. The lowest BCUT2D eigenvalue weighted by Crippen LogP contribution is -2.47. The van der Waals surface area contributed by atoms with Crippen LogP contribution in [0.15, 0.2) is 36.9 Å². The molecule has 0 amide bonds. The van der Waals surface area contributed by atoms with Crippen LogP contribution in [-0.2, 0) is 6.42 Å². The molecule has 2 aromatic heterocycles. The van der Waals surface area contributed by atoms with Crippen molar-refractivity contribution in [3.8, 4) is 0 Å². The van der Waals surface area contributed by atoms with Gasteiger partial charge in [0.1, 0.15) is 12.1 Å². The van der Waals surface area contributed by atoms with Crippen LogP contribution in [0.1, 0.15) is 11.3 Å². The molecule has 0 radical (unpaired) electrons. The van der Waals surface area contributed by atoms with Crippen LogP contribution in [0.2, 0.25) is 0 Å². The standard InChI is InChI=1S/C16H21N5/c1-14-11-16(19-13-18-14)21-9-7-20(8-10-21)6-4-15-3-2-5-17-12-15/h2-3,5,11-13H,4,6-10H2,1H3. The Bertz CT molecular complexity index is 564. The maximum absolute atomic E-state index is 4.37. The molecule has 5 heteroatoms. The Labute approximate surface area is 125 Å². The van der Waals surface area contributed by atoms with Crippen molar-refractivity contribution in [2.45, 2.75) is 13.3 Å². The first kappa shape index (κ1) is 13.9. The average molecular weight is 283 g/mol. The van der Waals surface area contributed by atoms with Crippen LogP contribution in [0, 0.1) is 6.92 Å². The number of anilines is 1. The van der Waals surface area contributed by atoms with E-state index in [4.69, 9.17) is 0 Å². The molecule has 0 spiro atoms. The highest BCUT2D eigenvalue weighted by molar-refractivity contribution is 5.39. The summed E-state index contributed by atoms with van der Waals surface area (Å²) in [6.45, 7) is 7.34. The van der Waals surface area contributed by atoms with E-state index in [-0.39, 0.29) is 0 Å². The summed E-state index contributed by atoms with van der Waals surface area (Å²) in [6, 6.07) is 6.21. The van der Waals surface area contributed by atoms with Gasteiger partial charge >= 0.3 is 0 Å². The summed E-state index contributed by atoms with van der Waals surface area (Å²) in [5.41, 5.74) is 2.34. The third kappa shape index (κ3) is 3.76. The van der Waals surface area contributed by atoms with E-state index in [1.807, 2.05) is 25.4 Å². The summed E-state index contributed by atoms with van der Waals surface area (Å²) in [6.07, 6.45) is 6.51. The van der Waals surface area contributed by atoms with Gasteiger partial charge in [-0.2, -0.15) is 0 Å². The van der Waals surface area contributed by atoms with E-state index in [1.54, 1.807) is 6.33 Å². The van der Waals surface area contributed by atoms with Crippen LogP contribution in [0.3, 0.4) is 0 Å². The van der Waals surface area contributed by atoms with Gasteiger partial charge in [-0.05, 0) is 25.0 Å². The number of aryl methyl sites for hydroxylation is 1. The van der Waals surface area contributed by atoms with Gasteiger partial charge < -0.3 is 4.90 Å². The second-order valence-corrected chi connectivity index (χ2v) is 5.46. The Hall–Kier alpha value is -2.01. The number of nitrogens with zero attached hydrogens (tertiary/aromatic N) is 5. The van der Waals surface area contributed by atoms with Crippen molar-refractivity contribution in [3.05, 3.63) is 48.2 Å². The minimum absolute atomic E-state index is 1.03. The van der Waals surface area contributed by atoms with Gasteiger partial charge in [0.25, 0.3) is 0 Å². The normalized spacial score (nSPS) is 16.1. The van der Waals surface area contributed by atoms with E-state index < -0.39 is 0 Å². The van der Waals surface area contributed by atoms with Gasteiger partial charge in [0, 0.05) is 56.9 Å². The molecule has 3 heterocycles. The molecule has 0 atom stereocenters. The lowest BCUT2D eigenvalue weighted by molar-refractivity contribution is 0.260. The SMILES string of the molecule is Cc1cc(N2CCN(CCc3cccnc3)CC2)ncn1. The van der Waals surface area contributed by atoms with Crippen LogP contribution in [0.25, 0.3) is 0 Å². The quantitative estimate of drug-likeness (QED) is 0.852. The first-order chi connectivity index (χ1) is 10.3. The number of pyridine rings is 1. The van der Waals surface area contributed by atoms with Crippen molar-refractivity contribution >= 4 is 5.82 Å². The molecule has 0 bridgehead atoms. The summed E-state index contributed by atoms with van der Waals surface area (Å²) < 4.78 is 0.